The first-order valence-corrected chi connectivity index (χ1v) is 6.65. The number of hydrazine groups is 1. The summed E-state index contributed by atoms with van der Waals surface area (Å²) in [7, 11) is 0. The Morgan fingerprint density at radius 1 is 1.28 bits per heavy atom. The largest absolute Gasteiger partial charge is 0.342 e. The van der Waals surface area contributed by atoms with Crippen LogP contribution < -0.4 is 11.3 Å². The van der Waals surface area contributed by atoms with Gasteiger partial charge in [-0.1, -0.05) is 25.1 Å². The molecular weight excluding hydrogens is 224 g/mol. The Labute approximate surface area is 109 Å². The highest BCUT2D eigenvalue weighted by atomic mass is 15.4. The number of nitrogens with zero attached hydrogens (tertiary/aromatic N) is 2. The monoisotopic (exact) mass is 246 g/mol. The van der Waals surface area contributed by atoms with E-state index in [0.29, 0.717) is 0 Å². The van der Waals surface area contributed by atoms with Gasteiger partial charge in [0.15, 0.2) is 0 Å². The highest BCUT2D eigenvalue weighted by molar-refractivity contribution is 5.82. The molecule has 98 valence electrons. The lowest BCUT2D eigenvalue weighted by atomic mass is 10.0. The summed E-state index contributed by atoms with van der Waals surface area (Å²) in [4.78, 5) is 6.82. The number of nitrogens with two attached hydrogens (primary N) is 1. The zero-order valence-corrected chi connectivity index (χ0v) is 11.0. The van der Waals surface area contributed by atoms with E-state index < -0.39 is 0 Å². The predicted octanol–water partition coefficient (Wildman–Crippen LogP) is 2.26. The lowest BCUT2D eigenvalue weighted by Gasteiger charge is -2.23. The maximum Gasteiger partial charge on any atom is 0.213 e. The average Bonchev–Trinajstić information content (AvgIpc) is 2.62. The van der Waals surface area contributed by atoms with Crippen molar-refractivity contribution in [3.8, 4) is 0 Å². The van der Waals surface area contributed by atoms with Crippen LogP contribution in [0.4, 0.5) is 5.69 Å². The fourth-order valence-electron chi connectivity index (χ4n) is 2.29. The third-order valence-electron chi connectivity index (χ3n) is 3.44. The van der Waals surface area contributed by atoms with Crippen LogP contribution in [-0.2, 0) is 0 Å². The van der Waals surface area contributed by atoms with Crippen molar-refractivity contribution in [2.75, 3.05) is 13.1 Å². The standard InChI is InChI=1S/C14H22N4/c1-12-6-5-10-18(11-9-12)14(17-15)16-13-7-3-2-4-8-13/h2-4,7-8,12H,5-6,9-11,15H2,1H3,(H,16,17). The molecule has 1 aliphatic heterocycles. The number of aliphatic imine (C=N–C) groups is 1. The maximum absolute atomic E-state index is 5.61. The van der Waals surface area contributed by atoms with E-state index in [1.807, 2.05) is 30.3 Å². The van der Waals surface area contributed by atoms with Crippen molar-refractivity contribution < 1.29 is 0 Å². The molecule has 0 aliphatic carbocycles. The van der Waals surface area contributed by atoms with Crippen molar-refractivity contribution in [1.82, 2.24) is 10.3 Å². The Kier molecular flexibility index (Phi) is 4.59. The fourth-order valence-corrected chi connectivity index (χ4v) is 2.29. The highest BCUT2D eigenvalue weighted by Gasteiger charge is 2.16. The summed E-state index contributed by atoms with van der Waals surface area (Å²) in [5.74, 6) is 7.19. The molecule has 1 saturated heterocycles. The third-order valence-corrected chi connectivity index (χ3v) is 3.44. The van der Waals surface area contributed by atoms with Crippen molar-refractivity contribution in [3.63, 3.8) is 0 Å². The smallest absolute Gasteiger partial charge is 0.213 e. The quantitative estimate of drug-likeness (QED) is 0.346. The summed E-state index contributed by atoms with van der Waals surface area (Å²) in [6, 6.07) is 9.92. The molecule has 1 heterocycles. The van der Waals surface area contributed by atoms with Gasteiger partial charge in [0, 0.05) is 13.1 Å². The number of rotatable bonds is 1. The minimum Gasteiger partial charge on any atom is -0.342 e. The summed E-state index contributed by atoms with van der Waals surface area (Å²) in [6.45, 7) is 4.37. The summed E-state index contributed by atoms with van der Waals surface area (Å²) in [5.41, 5.74) is 3.67. The lowest BCUT2D eigenvalue weighted by molar-refractivity contribution is 0.411. The molecule has 0 saturated carbocycles. The van der Waals surface area contributed by atoms with Crippen LogP contribution in [0.5, 0.6) is 0 Å². The van der Waals surface area contributed by atoms with E-state index in [-0.39, 0.29) is 0 Å². The van der Waals surface area contributed by atoms with Crippen LogP contribution in [0.2, 0.25) is 0 Å². The second-order valence-electron chi connectivity index (χ2n) is 4.94. The van der Waals surface area contributed by atoms with Gasteiger partial charge in [-0.15, -0.1) is 0 Å². The highest BCUT2D eigenvalue weighted by Crippen LogP contribution is 2.17. The second kappa shape index (κ2) is 6.40. The van der Waals surface area contributed by atoms with Gasteiger partial charge >= 0.3 is 0 Å². The van der Waals surface area contributed by atoms with Gasteiger partial charge in [-0.05, 0) is 37.3 Å². The van der Waals surface area contributed by atoms with E-state index in [2.05, 4.69) is 22.2 Å². The maximum atomic E-state index is 5.61. The van der Waals surface area contributed by atoms with Crippen molar-refractivity contribution in [2.45, 2.75) is 26.2 Å². The first kappa shape index (κ1) is 12.9. The Balaban J connectivity index is 2.10. The van der Waals surface area contributed by atoms with Crippen LogP contribution in [-0.4, -0.2) is 23.9 Å². The van der Waals surface area contributed by atoms with Crippen LogP contribution in [0.15, 0.2) is 35.3 Å². The Bertz CT molecular complexity index is 388. The van der Waals surface area contributed by atoms with E-state index in [0.717, 1.165) is 30.7 Å². The predicted molar refractivity (Wildman–Crippen MR) is 75.4 cm³/mol. The molecule has 3 N–H and O–H groups in total. The van der Waals surface area contributed by atoms with E-state index in [1.54, 1.807) is 0 Å². The molecule has 0 spiro atoms. The molecule has 1 atom stereocenters. The van der Waals surface area contributed by atoms with Crippen LogP contribution in [0, 0.1) is 5.92 Å². The molecule has 0 aromatic heterocycles. The van der Waals surface area contributed by atoms with Crippen LogP contribution in [0.1, 0.15) is 26.2 Å². The fraction of sp³-hybridized carbons (Fsp3) is 0.500. The molecular formula is C14H22N4. The summed E-state index contributed by atoms with van der Waals surface area (Å²) >= 11 is 0. The number of nitrogens with one attached hydrogen (secondary N) is 1. The molecule has 1 fully saturated rings. The van der Waals surface area contributed by atoms with E-state index >= 15 is 0 Å². The van der Waals surface area contributed by atoms with Crippen LogP contribution in [0.25, 0.3) is 0 Å². The van der Waals surface area contributed by atoms with Crippen molar-refractivity contribution in [3.05, 3.63) is 30.3 Å². The average molecular weight is 246 g/mol. The minimum absolute atomic E-state index is 0.773. The minimum atomic E-state index is 0.773. The molecule has 2 rings (SSSR count). The van der Waals surface area contributed by atoms with Gasteiger partial charge < -0.3 is 4.90 Å². The van der Waals surface area contributed by atoms with Gasteiger partial charge in [-0.3, -0.25) is 5.43 Å². The number of guanidine groups is 1. The molecule has 1 aromatic carbocycles. The van der Waals surface area contributed by atoms with Gasteiger partial charge in [-0.2, -0.15) is 0 Å². The summed E-state index contributed by atoms with van der Waals surface area (Å²) in [6.07, 6.45) is 3.70. The zero-order valence-electron chi connectivity index (χ0n) is 11.0. The molecule has 0 bridgehead atoms. The lowest BCUT2D eigenvalue weighted by Crippen LogP contribution is -2.45. The van der Waals surface area contributed by atoms with Crippen molar-refractivity contribution in [2.24, 2.45) is 16.8 Å². The molecule has 1 aromatic rings. The normalized spacial score (nSPS) is 21.6. The number of hydrogen-bond acceptors (Lipinski definition) is 2. The van der Waals surface area contributed by atoms with Gasteiger partial charge in [0.05, 0.1) is 5.69 Å². The Morgan fingerprint density at radius 2 is 2.06 bits per heavy atom. The topological polar surface area (TPSA) is 53.6 Å². The van der Waals surface area contributed by atoms with Gasteiger partial charge in [0.2, 0.25) is 5.96 Å². The van der Waals surface area contributed by atoms with Crippen LogP contribution >= 0.6 is 0 Å². The molecule has 1 aliphatic rings. The molecule has 0 radical (unpaired) electrons. The van der Waals surface area contributed by atoms with E-state index in [1.165, 1.54) is 19.3 Å². The molecule has 1 unspecified atom stereocenters. The SMILES string of the molecule is CC1CCCN(C(=Nc2ccccc2)NN)CC1. The number of para-hydroxylation sites is 1. The van der Waals surface area contributed by atoms with E-state index in [9.17, 15) is 0 Å². The second-order valence-corrected chi connectivity index (χ2v) is 4.94. The third kappa shape index (κ3) is 3.47. The van der Waals surface area contributed by atoms with Crippen molar-refractivity contribution >= 4 is 11.6 Å². The zero-order chi connectivity index (χ0) is 12.8. The number of benzene rings is 1. The Morgan fingerprint density at radius 3 is 2.78 bits per heavy atom. The first-order valence-electron chi connectivity index (χ1n) is 6.65. The van der Waals surface area contributed by atoms with Gasteiger partial charge in [-0.25, -0.2) is 10.8 Å². The van der Waals surface area contributed by atoms with Gasteiger partial charge in [0.1, 0.15) is 0 Å². The first-order chi connectivity index (χ1) is 8.79. The summed E-state index contributed by atoms with van der Waals surface area (Å²) in [5, 5.41) is 0. The molecule has 0 amide bonds. The van der Waals surface area contributed by atoms with Crippen molar-refractivity contribution in [1.29, 1.82) is 0 Å². The molecule has 18 heavy (non-hydrogen) atoms. The number of hydrogen-bond donors (Lipinski definition) is 2. The number of likely N-dealkylation sites (tertiary alicyclic amines) is 1. The molecule has 4 nitrogen and oxygen atoms in total. The summed E-state index contributed by atoms with van der Waals surface area (Å²) < 4.78 is 0. The molecule has 4 heteroatoms. The Hall–Kier alpha value is -1.55. The van der Waals surface area contributed by atoms with E-state index in [4.69, 9.17) is 5.84 Å². The van der Waals surface area contributed by atoms with Gasteiger partial charge in [0.25, 0.3) is 0 Å². The van der Waals surface area contributed by atoms with Crippen LogP contribution in [0.3, 0.4) is 0 Å².